The van der Waals surface area contributed by atoms with Gasteiger partial charge in [-0.25, -0.2) is 0 Å². The molecule has 0 spiro atoms. The van der Waals surface area contributed by atoms with Crippen LogP contribution in [0.15, 0.2) is 41.2 Å². The third-order valence-electron chi connectivity index (χ3n) is 4.93. The van der Waals surface area contributed by atoms with Gasteiger partial charge in [0.1, 0.15) is 18.1 Å². The SMILES string of the molecule is NC(=O)c1ccc(-c2cc3cc(OCCN4CCCC4)ccc3[nH]2)c(=O)[nH]1. The number of fused-ring (bicyclic) bond motifs is 1. The van der Waals surface area contributed by atoms with E-state index in [4.69, 9.17) is 10.5 Å². The zero-order chi connectivity index (χ0) is 18.8. The Morgan fingerprint density at radius 3 is 2.67 bits per heavy atom. The summed E-state index contributed by atoms with van der Waals surface area (Å²) in [5.74, 6) is 0.149. The molecule has 4 rings (SSSR count). The zero-order valence-corrected chi connectivity index (χ0v) is 15.0. The maximum Gasteiger partial charge on any atom is 0.265 e. The lowest BCUT2D eigenvalue weighted by molar-refractivity contribution is 0.0995. The van der Waals surface area contributed by atoms with Gasteiger partial charge in [0.15, 0.2) is 0 Å². The first-order chi connectivity index (χ1) is 13.1. The summed E-state index contributed by atoms with van der Waals surface area (Å²) in [6, 6.07) is 10.8. The van der Waals surface area contributed by atoms with Crippen LogP contribution in [0, 0.1) is 0 Å². The Morgan fingerprint density at radius 1 is 1.11 bits per heavy atom. The van der Waals surface area contributed by atoms with Crippen LogP contribution in [-0.4, -0.2) is 47.0 Å². The minimum absolute atomic E-state index is 0.0912. The Balaban J connectivity index is 1.52. The van der Waals surface area contributed by atoms with Crippen molar-refractivity contribution in [3.63, 3.8) is 0 Å². The fourth-order valence-corrected chi connectivity index (χ4v) is 3.47. The first kappa shape index (κ1) is 17.4. The second-order valence-electron chi connectivity index (χ2n) is 6.81. The fourth-order valence-electron chi connectivity index (χ4n) is 3.47. The van der Waals surface area contributed by atoms with Gasteiger partial charge in [-0.05, 0) is 62.3 Å². The number of pyridine rings is 1. The van der Waals surface area contributed by atoms with E-state index in [1.54, 1.807) is 6.07 Å². The molecule has 27 heavy (non-hydrogen) atoms. The van der Waals surface area contributed by atoms with Gasteiger partial charge in [-0.2, -0.15) is 0 Å². The molecule has 1 fully saturated rings. The summed E-state index contributed by atoms with van der Waals surface area (Å²) in [7, 11) is 0. The Hall–Kier alpha value is -3.06. The van der Waals surface area contributed by atoms with Crippen LogP contribution in [0.4, 0.5) is 0 Å². The van der Waals surface area contributed by atoms with E-state index in [9.17, 15) is 9.59 Å². The molecule has 4 N–H and O–H groups in total. The van der Waals surface area contributed by atoms with Crippen LogP contribution in [0.3, 0.4) is 0 Å². The van der Waals surface area contributed by atoms with Crippen molar-refractivity contribution in [3.8, 4) is 17.0 Å². The molecule has 1 amide bonds. The number of benzene rings is 1. The number of likely N-dealkylation sites (tertiary alicyclic amines) is 1. The third-order valence-corrected chi connectivity index (χ3v) is 4.93. The predicted molar refractivity (Wildman–Crippen MR) is 104 cm³/mol. The second kappa shape index (κ2) is 7.28. The summed E-state index contributed by atoms with van der Waals surface area (Å²) in [5, 5.41) is 0.960. The van der Waals surface area contributed by atoms with Gasteiger partial charge >= 0.3 is 0 Å². The summed E-state index contributed by atoms with van der Waals surface area (Å²) < 4.78 is 5.88. The topological polar surface area (TPSA) is 104 Å². The van der Waals surface area contributed by atoms with Crippen LogP contribution in [0.1, 0.15) is 23.3 Å². The van der Waals surface area contributed by atoms with Crippen molar-refractivity contribution in [2.45, 2.75) is 12.8 Å². The van der Waals surface area contributed by atoms with E-state index < -0.39 is 5.91 Å². The van der Waals surface area contributed by atoms with Gasteiger partial charge in [-0.3, -0.25) is 14.5 Å². The molecule has 3 aromatic rings. The lowest BCUT2D eigenvalue weighted by atomic mass is 10.1. The predicted octanol–water partition coefficient (Wildman–Crippen LogP) is 2.10. The summed E-state index contributed by atoms with van der Waals surface area (Å²) in [6.07, 6.45) is 2.55. The van der Waals surface area contributed by atoms with E-state index in [1.165, 1.54) is 18.9 Å². The van der Waals surface area contributed by atoms with Gasteiger partial charge in [0, 0.05) is 17.4 Å². The zero-order valence-electron chi connectivity index (χ0n) is 15.0. The Bertz CT molecular complexity index is 1030. The maximum atomic E-state index is 12.2. The second-order valence-corrected chi connectivity index (χ2v) is 6.81. The molecule has 3 heterocycles. The molecule has 140 valence electrons. The van der Waals surface area contributed by atoms with Crippen molar-refractivity contribution in [1.29, 1.82) is 0 Å². The van der Waals surface area contributed by atoms with Gasteiger partial charge in [0.05, 0.1) is 11.3 Å². The highest BCUT2D eigenvalue weighted by molar-refractivity contribution is 5.91. The van der Waals surface area contributed by atoms with Crippen LogP contribution < -0.4 is 16.0 Å². The largest absolute Gasteiger partial charge is 0.492 e. The standard InChI is InChI=1S/C20H22N4O3/c21-19(25)17-6-4-15(20(26)23-17)18-12-13-11-14(3-5-16(13)22-18)27-10-9-24-7-1-2-8-24/h3-6,11-12,22H,1-2,7-10H2,(H2,21,25)(H,23,26). The van der Waals surface area contributed by atoms with E-state index in [-0.39, 0.29) is 11.3 Å². The lowest BCUT2D eigenvalue weighted by Crippen LogP contribution is -2.25. The van der Waals surface area contributed by atoms with Gasteiger partial charge in [0.25, 0.3) is 11.5 Å². The van der Waals surface area contributed by atoms with Crippen molar-refractivity contribution >= 4 is 16.8 Å². The van der Waals surface area contributed by atoms with Gasteiger partial charge in [0.2, 0.25) is 0 Å². The molecule has 0 aliphatic carbocycles. The first-order valence-corrected chi connectivity index (χ1v) is 9.11. The van der Waals surface area contributed by atoms with Crippen molar-refractivity contribution < 1.29 is 9.53 Å². The van der Waals surface area contributed by atoms with E-state index in [0.29, 0.717) is 17.9 Å². The number of ether oxygens (including phenoxy) is 1. The number of hydrogen-bond donors (Lipinski definition) is 3. The molecule has 7 nitrogen and oxygen atoms in total. The highest BCUT2D eigenvalue weighted by Gasteiger charge is 2.12. The lowest BCUT2D eigenvalue weighted by Gasteiger charge is -2.14. The molecule has 2 aromatic heterocycles. The van der Waals surface area contributed by atoms with Crippen molar-refractivity contribution in [1.82, 2.24) is 14.9 Å². The number of carbonyl (C=O) groups excluding carboxylic acids is 1. The number of nitrogens with one attached hydrogen (secondary N) is 2. The molecule has 1 saturated heterocycles. The molecule has 0 unspecified atom stereocenters. The molecule has 1 aliphatic rings. The Morgan fingerprint density at radius 2 is 1.93 bits per heavy atom. The molecular formula is C20H22N4O3. The number of rotatable bonds is 6. The summed E-state index contributed by atoms with van der Waals surface area (Å²) >= 11 is 0. The molecule has 0 radical (unpaired) electrons. The van der Waals surface area contributed by atoms with E-state index in [2.05, 4.69) is 14.9 Å². The normalized spacial score (nSPS) is 14.7. The highest BCUT2D eigenvalue weighted by Crippen LogP contribution is 2.25. The molecule has 0 saturated carbocycles. The fraction of sp³-hybridized carbons (Fsp3) is 0.300. The number of amides is 1. The quantitative estimate of drug-likeness (QED) is 0.621. The maximum absolute atomic E-state index is 12.2. The van der Waals surface area contributed by atoms with Crippen LogP contribution in [-0.2, 0) is 0 Å². The molecular weight excluding hydrogens is 344 g/mol. The highest BCUT2D eigenvalue weighted by atomic mass is 16.5. The Kier molecular flexibility index (Phi) is 4.68. The van der Waals surface area contributed by atoms with E-state index >= 15 is 0 Å². The molecule has 0 atom stereocenters. The smallest absolute Gasteiger partial charge is 0.265 e. The number of primary amides is 1. The van der Waals surface area contributed by atoms with Gasteiger partial charge < -0.3 is 20.4 Å². The number of nitrogens with two attached hydrogens (primary N) is 1. The monoisotopic (exact) mass is 366 g/mol. The minimum atomic E-state index is -0.661. The van der Waals surface area contributed by atoms with E-state index in [0.717, 1.165) is 36.3 Å². The number of nitrogens with zero attached hydrogens (tertiary/aromatic N) is 1. The number of carbonyl (C=O) groups is 1. The van der Waals surface area contributed by atoms with Crippen LogP contribution >= 0.6 is 0 Å². The summed E-state index contributed by atoms with van der Waals surface area (Å²) in [4.78, 5) is 31.6. The molecule has 7 heteroatoms. The first-order valence-electron chi connectivity index (χ1n) is 9.11. The number of hydrogen-bond acceptors (Lipinski definition) is 4. The number of H-pyrrole nitrogens is 2. The number of aromatic amines is 2. The van der Waals surface area contributed by atoms with Crippen molar-refractivity contribution in [3.05, 3.63) is 52.4 Å². The van der Waals surface area contributed by atoms with E-state index in [1.807, 2.05) is 24.3 Å². The minimum Gasteiger partial charge on any atom is -0.492 e. The molecule has 1 aromatic carbocycles. The Labute approximate surface area is 156 Å². The van der Waals surface area contributed by atoms with Gasteiger partial charge in [-0.1, -0.05) is 0 Å². The summed E-state index contributed by atoms with van der Waals surface area (Å²) in [5.41, 5.74) is 6.97. The van der Waals surface area contributed by atoms with Crippen molar-refractivity contribution in [2.24, 2.45) is 5.73 Å². The van der Waals surface area contributed by atoms with Crippen LogP contribution in [0.25, 0.3) is 22.2 Å². The van der Waals surface area contributed by atoms with Crippen LogP contribution in [0.2, 0.25) is 0 Å². The van der Waals surface area contributed by atoms with Crippen molar-refractivity contribution in [2.75, 3.05) is 26.2 Å². The number of aromatic nitrogens is 2. The average Bonchev–Trinajstić information content (AvgIpc) is 3.30. The summed E-state index contributed by atoms with van der Waals surface area (Å²) in [6.45, 7) is 3.92. The molecule has 1 aliphatic heterocycles. The third kappa shape index (κ3) is 3.73. The van der Waals surface area contributed by atoms with Crippen LogP contribution in [0.5, 0.6) is 5.75 Å². The van der Waals surface area contributed by atoms with Gasteiger partial charge in [-0.15, -0.1) is 0 Å². The molecule has 0 bridgehead atoms. The average molecular weight is 366 g/mol.